The molecule has 0 N–H and O–H groups in total. The van der Waals surface area contributed by atoms with E-state index in [-0.39, 0.29) is 0 Å². The summed E-state index contributed by atoms with van der Waals surface area (Å²) in [5.41, 5.74) is 2.18. The quantitative estimate of drug-likeness (QED) is 0.728. The minimum absolute atomic E-state index is 0.346. The molecule has 0 saturated heterocycles. The van der Waals surface area contributed by atoms with Gasteiger partial charge in [0.1, 0.15) is 12.1 Å². The van der Waals surface area contributed by atoms with Crippen LogP contribution in [-0.4, -0.2) is 4.98 Å². The summed E-state index contributed by atoms with van der Waals surface area (Å²) in [5.74, 6) is 0. The van der Waals surface area contributed by atoms with E-state index in [1.165, 1.54) is 11.3 Å². The van der Waals surface area contributed by atoms with Crippen molar-refractivity contribution in [3.8, 4) is 23.4 Å². The summed E-state index contributed by atoms with van der Waals surface area (Å²) in [6.45, 7) is 0. The predicted octanol–water partition coefficient (Wildman–Crippen LogP) is 2.55. The Morgan fingerprint density at radius 1 is 1.20 bits per heavy atom. The van der Waals surface area contributed by atoms with E-state index in [4.69, 9.17) is 10.5 Å². The first-order valence-electron chi connectivity index (χ1n) is 4.18. The molecule has 0 aliphatic rings. The van der Waals surface area contributed by atoms with Crippen LogP contribution in [0, 0.1) is 22.7 Å². The molecule has 0 aliphatic heterocycles. The number of hydrogen-bond donors (Lipinski definition) is 0. The largest absolute Gasteiger partial charge is 0.255 e. The maximum Gasteiger partial charge on any atom is 0.103 e. The molecule has 2 aromatic heterocycles. The third kappa shape index (κ3) is 1.59. The van der Waals surface area contributed by atoms with Crippen LogP contribution in [-0.2, 0) is 0 Å². The van der Waals surface area contributed by atoms with Crippen LogP contribution in [0.3, 0.4) is 0 Å². The van der Waals surface area contributed by atoms with Crippen LogP contribution in [0.1, 0.15) is 11.1 Å². The second kappa shape index (κ2) is 3.91. The van der Waals surface area contributed by atoms with Gasteiger partial charge in [-0.1, -0.05) is 0 Å². The lowest BCUT2D eigenvalue weighted by Gasteiger charge is -2.00. The molecule has 0 fully saturated rings. The van der Waals surface area contributed by atoms with Crippen LogP contribution in [0.4, 0.5) is 0 Å². The van der Waals surface area contributed by atoms with Crippen LogP contribution < -0.4 is 0 Å². The molecule has 0 aromatic carbocycles. The Bertz CT molecular complexity index is 559. The second-order valence-electron chi connectivity index (χ2n) is 2.82. The Labute approximate surface area is 90.9 Å². The smallest absolute Gasteiger partial charge is 0.103 e. The standard InChI is InChI=1S/C11H5N3S/c12-5-8-1-3-14-11(10(8)6-13)9-2-4-15-7-9/h1-4,7H. The third-order valence-corrected chi connectivity index (χ3v) is 2.66. The van der Waals surface area contributed by atoms with Crippen molar-refractivity contribution in [1.29, 1.82) is 10.5 Å². The van der Waals surface area contributed by atoms with Crippen molar-refractivity contribution >= 4 is 11.3 Å². The second-order valence-corrected chi connectivity index (χ2v) is 3.60. The average molecular weight is 211 g/mol. The zero-order chi connectivity index (χ0) is 10.7. The van der Waals surface area contributed by atoms with Gasteiger partial charge < -0.3 is 0 Å². The fourth-order valence-corrected chi connectivity index (χ4v) is 1.93. The monoisotopic (exact) mass is 211 g/mol. The number of hydrogen-bond acceptors (Lipinski definition) is 4. The molecule has 0 atom stereocenters. The van der Waals surface area contributed by atoms with Crippen molar-refractivity contribution < 1.29 is 0 Å². The summed E-state index contributed by atoms with van der Waals surface area (Å²) in [6.07, 6.45) is 1.55. The third-order valence-electron chi connectivity index (χ3n) is 1.98. The van der Waals surface area contributed by atoms with Gasteiger partial charge in [0.05, 0.1) is 16.8 Å². The Morgan fingerprint density at radius 3 is 2.67 bits per heavy atom. The highest BCUT2D eigenvalue weighted by Gasteiger charge is 2.10. The van der Waals surface area contributed by atoms with Crippen LogP contribution in [0.5, 0.6) is 0 Å². The van der Waals surface area contributed by atoms with Gasteiger partial charge in [0, 0.05) is 17.1 Å². The average Bonchev–Trinajstić information content (AvgIpc) is 2.81. The van der Waals surface area contributed by atoms with Gasteiger partial charge in [-0.05, 0) is 17.5 Å². The maximum absolute atomic E-state index is 8.99. The molecule has 0 bridgehead atoms. The minimum atomic E-state index is 0.346. The highest BCUT2D eigenvalue weighted by atomic mass is 32.1. The fraction of sp³-hybridized carbons (Fsp3) is 0. The molecule has 0 aliphatic carbocycles. The number of nitrogens with zero attached hydrogens (tertiary/aromatic N) is 3. The maximum atomic E-state index is 8.99. The van der Waals surface area contributed by atoms with Crippen molar-refractivity contribution in [1.82, 2.24) is 4.98 Å². The van der Waals surface area contributed by atoms with E-state index in [1.54, 1.807) is 12.3 Å². The SMILES string of the molecule is N#Cc1ccnc(-c2ccsc2)c1C#N. The molecule has 0 amide bonds. The first kappa shape index (κ1) is 9.39. The van der Waals surface area contributed by atoms with Crippen molar-refractivity contribution in [3.63, 3.8) is 0 Å². The summed E-state index contributed by atoms with van der Waals surface area (Å²) in [6, 6.07) is 7.45. The molecule has 2 rings (SSSR count). The molecule has 0 radical (unpaired) electrons. The van der Waals surface area contributed by atoms with E-state index >= 15 is 0 Å². The summed E-state index contributed by atoms with van der Waals surface area (Å²) in [5, 5.41) is 21.7. The Kier molecular flexibility index (Phi) is 2.45. The minimum Gasteiger partial charge on any atom is -0.255 e. The first-order chi connectivity index (χ1) is 7.36. The normalized spacial score (nSPS) is 9.20. The van der Waals surface area contributed by atoms with Gasteiger partial charge in [-0.2, -0.15) is 21.9 Å². The number of thiophene rings is 1. The number of rotatable bonds is 1. The lowest BCUT2D eigenvalue weighted by Crippen LogP contribution is -1.91. The molecule has 2 heterocycles. The van der Waals surface area contributed by atoms with E-state index in [2.05, 4.69) is 4.98 Å². The van der Waals surface area contributed by atoms with Crippen LogP contribution in [0.25, 0.3) is 11.3 Å². The van der Waals surface area contributed by atoms with Gasteiger partial charge in [-0.15, -0.1) is 0 Å². The zero-order valence-corrected chi connectivity index (χ0v) is 8.45. The first-order valence-corrected chi connectivity index (χ1v) is 5.13. The van der Waals surface area contributed by atoms with Gasteiger partial charge in [0.15, 0.2) is 0 Å². The highest BCUT2D eigenvalue weighted by Crippen LogP contribution is 2.24. The van der Waals surface area contributed by atoms with Gasteiger partial charge in [-0.3, -0.25) is 4.98 Å². The number of aromatic nitrogens is 1. The van der Waals surface area contributed by atoms with Gasteiger partial charge >= 0.3 is 0 Å². The van der Waals surface area contributed by atoms with Crippen molar-refractivity contribution in [2.24, 2.45) is 0 Å². The molecular weight excluding hydrogens is 206 g/mol. The summed E-state index contributed by atoms with van der Waals surface area (Å²) >= 11 is 1.53. The fourth-order valence-electron chi connectivity index (χ4n) is 1.29. The van der Waals surface area contributed by atoms with E-state index in [0.717, 1.165) is 5.56 Å². The summed E-state index contributed by atoms with van der Waals surface area (Å²) < 4.78 is 0. The van der Waals surface area contributed by atoms with Gasteiger partial charge in [0.25, 0.3) is 0 Å². The topological polar surface area (TPSA) is 60.5 Å². The van der Waals surface area contributed by atoms with Crippen LogP contribution in [0.15, 0.2) is 29.1 Å². The van der Waals surface area contributed by atoms with E-state index < -0.39 is 0 Å². The van der Waals surface area contributed by atoms with E-state index in [0.29, 0.717) is 16.8 Å². The zero-order valence-electron chi connectivity index (χ0n) is 7.64. The van der Waals surface area contributed by atoms with Gasteiger partial charge in [0.2, 0.25) is 0 Å². The van der Waals surface area contributed by atoms with E-state index in [1.807, 2.05) is 29.0 Å². The lowest BCUT2D eigenvalue weighted by atomic mass is 10.1. The lowest BCUT2D eigenvalue weighted by molar-refractivity contribution is 1.29. The molecule has 15 heavy (non-hydrogen) atoms. The van der Waals surface area contributed by atoms with Crippen molar-refractivity contribution in [2.75, 3.05) is 0 Å². The molecule has 70 valence electrons. The molecule has 2 aromatic rings. The molecule has 0 spiro atoms. The Morgan fingerprint density at radius 2 is 2.07 bits per heavy atom. The predicted molar refractivity (Wildman–Crippen MR) is 57.0 cm³/mol. The number of pyridine rings is 1. The van der Waals surface area contributed by atoms with Crippen LogP contribution >= 0.6 is 11.3 Å². The number of nitriles is 2. The van der Waals surface area contributed by atoms with Gasteiger partial charge in [-0.25, -0.2) is 0 Å². The van der Waals surface area contributed by atoms with Crippen molar-refractivity contribution in [2.45, 2.75) is 0 Å². The summed E-state index contributed by atoms with van der Waals surface area (Å²) in [7, 11) is 0. The van der Waals surface area contributed by atoms with E-state index in [9.17, 15) is 0 Å². The van der Waals surface area contributed by atoms with Crippen LogP contribution in [0.2, 0.25) is 0 Å². The highest BCUT2D eigenvalue weighted by molar-refractivity contribution is 7.08. The Hall–Kier alpha value is -2.17. The molecule has 0 saturated carbocycles. The van der Waals surface area contributed by atoms with Crippen molar-refractivity contribution in [3.05, 3.63) is 40.2 Å². The molecule has 3 nitrogen and oxygen atoms in total. The molecule has 4 heteroatoms. The molecular formula is C11H5N3S. The molecule has 0 unspecified atom stereocenters. The Balaban J connectivity index is 2.70. The summed E-state index contributed by atoms with van der Waals surface area (Å²) in [4.78, 5) is 4.13.